The molecule has 8 heterocycles. The van der Waals surface area contributed by atoms with Crippen LogP contribution in [0.3, 0.4) is 0 Å². The Labute approximate surface area is 506 Å². The zero-order valence-corrected chi connectivity index (χ0v) is 50.9. The molecule has 6 aliphatic heterocycles. The van der Waals surface area contributed by atoms with Crippen LogP contribution in [0.1, 0.15) is 80.7 Å². The van der Waals surface area contributed by atoms with E-state index in [0.717, 1.165) is 11.1 Å². The van der Waals surface area contributed by atoms with Gasteiger partial charge in [0.1, 0.15) is 23.8 Å². The van der Waals surface area contributed by atoms with Gasteiger partial charge in [-0.15, -0.1) is 0 Å². The highest BCUT2D eigenvalue weighted by Crippen LogP contribution is 2.41. The Balaban J connectivity index is 0.680. The molecule has 0 saturated carbocycles. The number of rotatable bonds is 16. The molecule has 464 valence electrons. The lowest BCUT2D eigenvalue weighted by molar-refractivity contribution is -0.134. The molecular formula is C65H82F2N12O8. The van der Waals surface area contributed by atoms with Crippen LogP contribution in [0.4, 0.5) is 31.5 Å². The highest BCUT2D eigenvalue weighted by Gasteiger charge is 2.43. The maximum Gasteiger partial charge on any atom is 0.254 e. The largest absolute Gasteiger partial charge is 0.366 e. The number of hydrogen-bond acceptors (Lipinski definition) is 14. The van der Waals surface area contributed by atoms with Crippen molar-refractivity contribution in [2.75, 3.05) is 125 Å². The lowest BCUT2D eigenvalue weighted by atomic mass is 9.91. The van der Waals surface area contributed by atoms with E-state index >= 15 is 0 Å². The smallest absolute Gasteiger partial charge is 0.254 e. The summed E-state index contributed by atoms with van der Waals surface area (Å²) in [5.74, 6) is -1.47. The molecule has 6 aliphatic rings. The summed E-state index contributed by atoms with van der Waals surface area (Å²) in [6, 6.07) is 21.3. The van der Waals surface area contributed by atoms with Crippen LogP contribution in [0.25, 0.3) is 0 Å². The summed E-state index contributed by atoms with van der Waals surface area (Å²) in [4.78, 5) is 102. The highest BCUT2D eigenvalue weighted by molar-refractivity contribution is 6.00. The standard InChI is InChI=1S/C65H82F2N12O8/c1-39-29-76(35-56(80)78-37-64(4,5)58-52(78)25-44(60(82)72-58)23-42-11-15-46(66)16-12-42)48(27-68-39)31-74-19-21-86-54(33-74)62(84)70-50-9-8-10-51(41(50)3)71-63(85)55-34-75(20-22-87-55)32-49-28-69-40(2)30-77(49)36-57(81)79-38-65(6,7)59-53(79)26-45(61(83)73-59)24-43-13-17-47(67)18-14-43/h8-18,25-26,39-40,48-49,54-55,68-69H,19-24,27-38H2,1-7H3,(H,70,84)(H,71,85)(H,72,82)(H,73,83)/t39-,40-,48-,49-,54+,55+/m1/s1. The third-order valence-electron chi connectivity index (χ3n) is 18.3. The molecule has 4 saturated heterocycles. The van der Waals surface area contributed by atoms with Gasteiger partial charge in [0.05, 0.1) is 37.7 Å². The Morgan fingerprint density at radius 2 is 1.00 bits per heavy atom. The number of aromatic nitrogens is 2. The number of H-pyrrole nitrogens is 2. The second-order valence-corrected chi connectivity index (χ2v) is 26.1. The fraction of sp³-hybridized carbons (Fsp3) is 0.508. The molecular weight excluding hydrogens is 1110 g/mol. The fourth-order valence-corrected chi connectivity index (χ4v) is 13.4. The molecule has 0 bridgehead atoms. The van der Waals surface area contributed by atoms with Gasteiger partial charge in [-0.05, 0) is 86.0 Å². The summed E-state index contributed by atoms with van der Waals surface area (Å²) in [5.41, 5.74) is 5.69. The zero-order chi connectivity index (χ0) is 61.5. The minimum absolute atomic E-state index is 0.0482. The number of carbonyl (C=O) groups excluding carboxylic acids is 4. The van der Waals surface area contributed by atoms with Crippen molar-refractivity contribution in [3.8, 4) is 0 Å². The van der Waals surface area contributed by atoms with E-state index in [1.54, 1.807) is 52.3 Å². The van der Waals surface area contributed by atoms with Gasteiger partial charge >= 0.3 is 0 Å². The number of hydrogen-bond donors (Lipinski definition) is 6. The topological polar surface area (TPSA) is 220 Å². The Morgan fingerprint density at radius 3 is 1.40 bits per heavy atom. The molecule has 6 atom stereocenters. The van der Waals surface area contributed by atoms with Crippen molar-refractivity contribution < 1.29 is 37.4 Å². The normalized spacial score (nSPS) is 24.1. The third kappa shape index (κ3) is 14.0. The van der Waals surface area contributed by atoms with E-state index in [1.165, 1.54) is 24.3 Å². The molecule has 87 heavy (non-hydrogen) atoms. The first kappa shape index (κ1) is 61.6. The summed E-state index contributed by atoms with van der Waals surface area (Å²) in [7, 11) is 0. The molecule has 6 N–H and O–H groups in total. The second-order valence-electron chi connectivity index (χ2n) is 26.1. The Hall–Kier alpha value is -7.02. The van der Waals surface area contributed by atoms with E-state index in [-0.39, 0.29) is 83.6 Å². The first-order valence-corrected chi connectivity index (χ1v) is 30.5. The number of aromatic amines is 2. The number of nitrogens with one attached hydrogen (secondary N) is 6. The zero-order valence-electron chi connectivity index (χ0n) is 50.9. The van der Waals surface area contributed by atoms with E-state index in [1.807, 2.05) is 46.8 Å². The molecule has 0 aliphatic carbocycles. The molecule has 4 fully saturated rings. The molecule has 5 aromatic rings. The summed E-state index contributed by atoms with van der Waals surface area (Å²) in [5, 5.41) is 13.3. The van der Waals surface area contributed by atoms with Gasteiger partial charge < -0.3 is 50.5 Å². The van der Waals surface area contributed by atoms with Crippen molar-refractivity contribution in [1.29, 1.82) is 0 Å². The van der Waals surface area contributed by atoms with Crippen LogP contribution in [-0.4, -0.2) is 194 Å². The van der Waals surface area contributed by atoms with E-state index < -0.39 is 23.0 Å². The molecule has 0 radical (unpaired) electrons. The number of amides is 4. The van der Waals surface area contributed by atoms with Gasteiger partial charge in [0, 0.05) is 160 Å². The summed E-state index contributed by atoms with van der Waals surface area (Å²) in [6.07, 6.45) is -0.964. The van der Waals surface area contributed by atoms with Crippen LogP contribution < -0.4 is 42.2 Å². The third-order valence-corrected chi connectivity index (χ3v) is 18.3. The number of pyridine rings is 2. The molecule has 11 rings (SSSR count). The van der Waals surface area contributed by atoms with Gasteiger partial charge in [0.25, 0.3) is 22.9 Å². The van der Waals surface area contributed by atoms with Crippen molar-refractivity contribution in [3.63, 3.8) is 0 Å². The number of nitrogens with zero attached hydrogens (tertiary/aromatic N) is 6. The Morgan fingerprint density at radius 1 is 0.598 bits per heavy atom. The average Bonchev–Trinajstić information content (AvgIpc) is 1.75. The number of halogens is 2. The number of morpholine rings is 2. The number of ether oxygens (including phenoxy) is 2. The quantitative estimate of drug-likeness (QED) is 0.0821. The van der Waals surface area contributed by atoms with E-state index in [4.69, 9.17) is 9.47 Å². The SMILES string of the molecule is Cc1c(NC(=O)[C@@H]2CN(C[C@H]3CN[C@H](C)CN3CC(=O)N3CC(C)(C)c4[nH]c(=O)c(Cc5ccc(F)cc5)cc43)CCO2)cccc1NC(=O)[C@@H]1CN(C[C@H]2CN[C@H](C)CN2CC(=O)N2CC(C)(C)c3[nH]c(=O)c(Cc4ccc(F)cc4)cc32)CCO1. The number of anilines is 4. The summed E-state index contributed by atoms with van der Waals surface area (Å²) in [6.45, 7) is 21.6. The minimum Gasteiger partial charge on any atom is -0.366 e. The summed E-state index contributed by atoms with van der Waals surface area (Å²) >= 11 is 0. The maximum absolute atomic E-state index is 14.4. The molecule has 0 spiro atoms. The average molecular weight is 1200 g/mol. The number of carbonyl (C=O) groups is 4. The van der Waals surface area contributed by atoms with Crippen molar-refractivity contribution in [2.45, 2.75) is 109 Å². The predicted octanol–water partition coefficient (Wildman–Crippen LogP) is 4.08. The van der Waals surface area contributed by atoms with E-state index in [2.05, 4.69) is 64.7 Å². The molecule has 0 unspecified atom stereocenters. The number of fused-ring (bicyclic) bond motifs is 2. The molecule has 2 aromatic heterocycles. The first-order chi connectivity index (χ1) is 41.5. The van der Waals surface area contributed by atoms with Crippen LogP contribution in [0, 0.1) is 18.6 Å². The Kier molecular flexibility index (Phi) is 18.1. The Bertz CT molecular complexity index is 3280. The van der Waals surface area contributed by atoms with E-state index in [9.17, 15) is 37.5 Å². The van der Waals surface area contributed by atoms with Crippen LogP contribution in [0.5, 0.6) is 0 Å². The molecule has 4 amide bonds. The fourth-order valence-electron chi connectivity index (χ4n) is 13.4. The van der Waals surface area contributed by atoms with Crippen LogP contribution in [0.2, 0.25) is 0 Å². The molecule has 3 aromatic carbocycles. The summed E-state index contributed by atoms with van der Waals surface area (Å²) < 4.78 is 39.5. The minimum atomic E-state index is -0.779. The van der Waals surface area contributed by atoms with Gasteiger partial charge in [0.2, 0.25) is 11.8 Å². The lowest BCUT2D eigenvalue weighted by Crippen LogP contribution is -2.62. The number of benzene rings is 3. The van der Waals surface area contributed by atoms with Crippen molar-refractivity contribution >= 4 is 46.4 Å². The van der Waals surface area contributed by atoms with Crippen molar-refractivity contribution in [2.24, 2.45) is 0 Å². The predicted molar refractivity (Wildman–Crippen MR) is 330 cm³/mol. The van der Waals surface area contributed by atoms with E-state index in [0.29, 0.717) is 155 Å². The van der Waals surface area contributed by atoms with Crippen LogP contribution in [0.15, 0.2) is 88.5 Å². The second kappa shape index (κ2) is 25.6. The molecule has 20 nitrogen and oxygen atoms in total. The lowest BCUT2D eigenvalue weighted by Gasteiger charge is -2.43. The first-order valence-electron chi connectivity index (χ1n) is 30.5. The maximum atomic E-state index is 14.4. The number of piperazine rings is 2. The van der Waals surface area contributed by atoms with Gasteiger partial charge in [0.15, 0.2) is 0 Å². The van der Waals surface area contributed by atoms with Gasteiger partial charge in [-0.3, -0.25) is 48.4 Å². The van der Waals surface area contributed by atoms with Gasteiger partial charge in [-0.2, -0.15) is 0 Å². The highest BCUT2D eigenvalue weighted by atomic mass is 19.1. The molecule has 22 heteroatoms. The van der Waals surface area contributed by atoms with Crippen molar-refractivity contribution in [1.82, 2.24) is 40.2 Å². The van der Waals surface area contributed by atoms with Crippen LogP contribution in [-0.2, 0) is 52.3 Å². The van der Waals surface area contributed by atoms with Crippen LogP contribution >= 0.6 is 0 Å². The van der Waals surface area contributed by atoms with Gasteiger partial charge in [-0.1, -0.05) is 58.0 Å². The monoisotopic (exact) mass is 1200 g/mol. The van der Waals surface area contributed by atoms with Crippen molar-refractivity contribution in [3.05, 3.63) is 150 Å². The van der Waals surface area contributed by atoms with Gasteiger partial charge in [-0.25, -0.2) is 8.78 Å².